The van der Waals surface area contributed by atoms with E-state index in [-0.39, 0.29) is 18.1 Å². The molecule has 1 aliphatic rings. The summed E-state index contributed by atoms with van der Waals surface area (Å²) < 4.78 is 8.06. The van der Waals surface area contributed by atoms with Crippen LogP contribution in [0.4, 0.5) is 0 Å². The van der Waals surface area contributed by atoms with Gasteiger partial charge in [0.25, 0.3) is 11.5 Å². The summed E-state index contributed by atoms with van der Waals surface area (Å²) in [6, 6.07) is 9.04. The van der Waals surface area contributed by atoms with Gasteiger partial charge in [0, 0.05) is 54.8 Å². The van der Waals surface area contributed by atoms with Crippen LogP contribution in [0, 0.1) is 0 Å². The number of nitrogens with zero attached hydrogens (tertiary/aromatic N) is 4. The lowest BCUT2D eigenvalue weighted by Crippen LogP contribution is -2.49. The Balaban J connectivity index is 1.29. The predicted octanol–water partition coefficient (Wildman–Crippen LogP) is 2.24. The number of carbonyl (C=O) groups excluding carboxylic acids is 1. The van der Waals surface area contributed by atoms with Crippen molar-refractivity contribution in [2.24, 2.45) is 0 Å². The number of piperazine rings is 1. The van der Waals surface area contributed by atoms with Crippen LogP contribution in [0.15, 0.2) is 51.2 Å². The third-order valence-electron chi connectivity index (χ3n) is 4.63. The molecular weight excluding hydrogens is 444 g/mol. The molecule has 0 N–H and O–H groups in total. The molecule has 1 saturated heterocycles. The SMILES string of the molecule is O=C(COc1cccc(Br)c1)N1CCN(Cc2cc(=O)n3ccsc3n2)CC1. The van der Waals surface area contributed by atoms with E-state index in [9.17, 15) is 9.59 Å². The largest absolute Gasteiger partial charge is 0.484 e. The first-order chi connectivity index (χ1) is 13.6. The average Bonchev–Trinajstić information content (AvgIpc) is 3.16. The van der Waals surface area contributed by atoms with E-state index in [4.69, 9.17) is 4.74 Å². The minimum atomic E-state index is -0.0558. The van der Waals surface area contributed by atoms with Gasteiger partial charge in [-0.1, -0.05) is 22.0 Å². The number of halogens is 1. The van der Waals surface area contributed by atoms with E-state index in [1.165, 1.54) is 11.3 Å². The highest BCUT2D eigenvalue weighted by molar-refractivity contribution is 9.10. The van der Waals surface area contributed by atoms with E-state index in [1.54, 1.807) is 16.7 Å². The summed E-state index contributed by atoms with van der Waals surface area (Å²) in [5.41, 5.74) is 0.713. The molecule has 1 amide bonds. The number of thiazole rings is 1. The van der Waals surface area contributed by atoms with E-state index in [2.05, 4.69) is 25.8 Å². The molecule has 0 aliphatic carbocycles. The van der Waals surface area contributed by atoms with Crippen molar-refractivity contribution in [1.29, 1.82) is 0 Å². The van der Waals surface area contributed by atoms with Crippen LogP contribution in [0.3, 0.4) is 0 Å². The van der Waals surface area contributed by atoms with Crippen molar-refractivity contribution in [3.05, 3.63) is 62.4 Å². The fourth-order valence-corrected chi connectivity index (χ4v) is 4.26. The van der Waals surface area contributed by atoms with Crippen LogP contribution >= 0.6 is 27.3 Å². The number of aromatic nitrogens is 2. The third kappa shape index (κ3) is 4.43. The first-order valence-corrected chi connectivity index (χ1v) is 10.6. The van der Waals surface area contributed by atoms with Crippen molar-refractivity contribution in [2.45, 2.75) is 6.54 Å². The minimum Gasteiger partial charge on any atom is -0.484 e. The fourth-order valence-electron chi connectivity index (χ4n) is 3.15. The van der Waals surface area contributed by atoms with Crippen LogP contribution in [-0.2, 0) is 11.3 Å². The molecule has 0 bridgehead atoms. The summed E-state index contributed by atoms with van der Waals surface area (Å²) in [4.78, 5) is 33.8. The number of amides is 1. The molecule has 0 spiro atoms. The van der Waals surface area contributed by atoms with Crippen LogP contribution in [0.2, 0.25) is 0 Å². The van der Waals surface area contributed by atoms with Gasteiger partial charge >= 0.3 is 0 Å². The van der Waals surface area contributed by atoms with Gasteiger partial charge in [0.1, 0.15) is 5.75 Å². The number of benzene rings is 1. The Morgan fingerprint density at radius 3 is 2.82 bits per heavy atom. The number of fused-ring (bicyclic) bond motifs is 1. The van der Waals surface area contributed by atoms with Gasteiger partial charge in [-0.3, -0.25) is 18.9 Å². The molecule has 146 valence electrons. The van der Waals surface area contributed by atoms with E-state index in [0.29, 0.717) is 30.3 Å². The van der Waals surface area contributed by atoms with E-state index >= 15 is 0 Å². The average molecular weight is 463 g/mol. The molecule has 0 unspecified atom stereocenters. The second-order valence-corrected chi connectivity index (χ2v) is 8.33. The molecule has 3 heterocycles. The van der Waals surface area contributed by atoms with Crippen LogP contribution < -0.4 is 10.3 Å². The fraction of sp³-hybridized carbons (Fsp3) is 0.316. The van der Waals surface area contributed by atoms with Crippen LogP contribution in [-0.4, -0.2) is 57.9 Å². The zero-order valence-electron chi connectivity index (χ0n) is 15.1. The maximum Gasteiger partial charge on any atom is 0.260 e. The lowest BCUT2D eigenvalue weighted by atomic mass is 10.2. The molecule has 1 aliphatic heterocycles. The monoisotopic (exact) mass is 462 g/mol. The minimum absolute atomic E-state index is 0.0176. The van der Waals surface area contributed by atoms with Crippen LogP contribution in [0.25, 0.3) is 4.96 Å². The molecule has 7 nitrogen and oxygen atoms in total. The number of rotatable bonds is 5. The topological polar surface area (TPSA) is 67.2 Å². The summed E-state index contributed by atoms with van der Waals surface area (Å²) in [7, 11) is 0. The van der Waals surface area contributed by atoms with Gasteiger partial charge in [0.2, 0.25) is 0 Å². The van der Waals surface area contributed by atoms with E-state index < -0.39 is 0 Å². The summed E-state index contributed by atoms with van der Waals surface area (Å²) in [5, 5.41) is 1.86. The van der Waals surface area contributed by atoms with Gasteiger partial charge < -0.3 is 9.64 Å². The number of hydrogen-bond acceptors (Lipinski definition) is 6. The van der Waals surface area contributed by atoms with Crippen molar-refractivity contribution in [1.82, 2.24) is 19.2 Å². The molecule has 1 fully saturated rings. The van der Waals surface area contributed by atoms with Gasteiger partial charge in [0.05, 0.1) is 5.69 Å². The lowest BCUT2D eigenvalue weighted by molar-refractivity contribution is -0.135. The van der Waals surface area contributed by atoms with E-state index in [1.807, 2.05) is 34.5 Å². The van der Waals surface area contributed by atoms with Crippen LogP contribution in [0.5, 0.6) is 5.75 Å². The summed E-state index contributed by atoms with van der Waals surface area (Å²) in [5.74, 6) is 0.652. The molecule has 4 rings (SSSR count). The lowest BCUT2D eigenvalue weighted by Gasteiger charge is -2.34. The molecule has 0 saturated carbocycles. The zero-order chi connectivity index (χ0) is 19.5. The van der Waals surface area contributed by atoms with Crippen molar-refractivity contribution >= 4 is 38.1 Å². The molecule has 2 aromatic heterocycles. The molecule has 28 heavy (non-hydrogen) atoms. The highest BCUT2D eigenvalue weighted by Crippen LogP contribution is 2.18. The van der Waals surface area contributed by atoms with Crippen molar-refractivity contribution in [3.63, 3.8) is 0 Å². The zero-order valence-corrected chi connectivity index (χ0v) is 17.5. The van der Waals surface area contributed by atoms with Crippen molar-refractivity contribution in [3.8, 4) is 5.75 Å². The summed E-state index contributed by atoms with van der Waals surface area (Å²) >= 11 is 4.84. The highest BCUT2D eigenvalue weighted by Gasteiger charge is 2.22. The van der Waals surface area contributed by atoms with Crippen molar-refractivity contribution < 1.29 is 9.53 Å². The van der Waals surface area contributed by atoms with Gasteiger partial charge in [-0.2, -0.15) is 0 Å². The van der Waals surface area contributed by atoms with Gasteiger partial charge in [-0.25, -0.2) is 4.98 Å². The smallest absolute Gasteiger partial charge is 0.260 e. The van der Waals surface area contributed by atoms with Gasteiger partial charge in [-0.15, -0.1) is 11.3 Å². The third-order valence-corrected chi connectivity index (χ3v) is 5.88. The first kappa shape index (κ1) is 19.1. The highest BCUT2D eigenvalue weighted by atomic mass is 79.9. The van der Waals surface area contributed by atoms with Gasteiger partial charge in [0.15, 0.2) is 11.6 Å². The molecule has 0 radical (unpaired) electrons. The Kier molecular flexibility index (Phi) is 5.74. The number of ether oxygens (including phenoxy) is 1. The summed E-state index contributed by atoms with van der Waals surface area (Å²) in [6.07, 6.45) is 1.74. The second kappa shape index (κ2) is 8.42. The quantitative estimate of drug-likeness (QED) is 0.581. The molecule has 9 heteroatoms. The Hall–Kier alpha value is -2.23. The first-order valence-electron chi connectivity index (χ1n) is 8.93. The molecule has 0 atom stereocenters. The van der Waals surface area contributed by atoms with Crippen molar-refractivity contribution in [2.75, 3.05) is 32.8 Å². The van der Waals surface area contributed by atoms with Gasteiger partial charge in [-0.05, 0) is 18.2 Å². The number of hydrogen-bond donors (Lipinski definition) is 0. The second-order valence-electron chi connectivity index (χ2n) is 6.54. The number of carbonyl (C=O) groups is 1. The maximum absolute atomic E-state index is 12.4. The molecule has 3 aromatic rings. The summed E-state index contributed by atoms with van der Waals surface area (Å²) in [6.45, 7) is 3.41. The molecule has 1 aromatic carbocycles. The van der Waals surface area contributed by atoms with Crippen LogP contribution in [0.1, 0.15) is 5.69 Å². The Bertz CT molecular complexity index is 1040. The molecular formula is C19H19BrN4O3S. The standard InChI is InChI=1S/C19H19BrN4O3S/c20-14-2-1-3-16(10-14)27-13-18(26)23-6-4-22(5-7-23)12-15-11-17(25)24-8-9-28-19(24)21-15/h1-3,8-11H,4-7,12-13H2. The Labute approximate surface area is 174 Å². The normalized spacial score (nSPS) is 15.1. The Morgan fingerprint density at radius 1 is 1.21 bits per heavy atom. The van der Waals surface area contributed by atoms with E-state index in [0.717, 1.165) is 23.3 Å². The predicted molar refractivity (Wildman–Crippen MR) is 111 cm³/mol. The maximum atomic E-state index is 12.4. The Morgan fingerprint density at radius 2 is 2.04 bits per heavy atom.